The number of carbonyl (C=O) groups excluding carboxylic acids is 1. The van der Waals surface area contributed by atoms with Crippen molar-refractivity contribution in [1.29, 1.82) is 0 Å². The third kappa shape index (κ3) is 3.70. The molecule has 1 aromatic heterocycles. The van der Waals surface area contributed by atoms with Crippen LogP contribution in [-0.2, 0) is 4.74 Å². The number of methoxy groups -OCH3 is 1. The number of hydrogen-bond acceptors (Lipinski definition) is 4. The van der Waals surface area contributed by atoms with E-state index in [1.807, 2.05) is 28.8 Å². The van der Waals surface area contributed by atoms with Crippen LogP contribution in [0.15, 0.2) is 22.8 Å². The van der Waals surface area contributed by atoms with Gasteiger partial charge in [-0.15, -0.1) is 0 Å². The zero-order valence-corrected chi connectivity index (χ0v) is 13.2. The number of amides is 1. The van der Waals surface area contributed by atoms with Gasteiger partial charge < -0.3 is 9.64 Å². The van der Waals surface area contributed by atoms with Crippen LogP contribution in [-0.4, -0.2) is 53.6 Å². The Morgan fingerprint density at radius 1 is 1.68 bits per heavy atom. The van der Waals surface area contributed by atoms with Crippen LogP contribution in [0.2, 0.25) is 0 Å². The van der Waals surface area contributed by atoms with Crippen LogP contribution in [0.4, 0.5) is 0 Å². The molecule has 1 saturated heterocycles. The minimum atomic E-state index is -0.0166. The fourth-order valence-corrected chi connectivity index (χ4v) is 3.74. The molecule has 1 amide bonds. The second kappa shape index (κ2) is 7.26. The molecule has 1 fully saturated rings. The van der Waals surface area contributed by atoms with Gasteiger partial charge in [0.2, 0.25) is 0 Å². The molecule has 4 nitrogen and oxygen atoms in total. The van der Waals surface area contributed by atoms with Gasteiger partial charge in [-0.05, 0) is 40.2 Å². The average molecular weight is 345 g/mol. The van der Waals surface area contributed by atoms with E-state index in [4.69, 9.17) is 4.74 Å². The molecule has 0 spiro atoms. The molecule has 104 valence electrons. The molecule has 1 atom stereocenters. The van der Waals surface area contributed by atoms with E-state index < -0.39 is 0 Å². The lowest BCUT2D eigenvalue weighted by molar-refractivity contribution is 0.0618. The summed E-state index contributed by atoms with van der Waals surface area (Å²) in [5, 5.41) is 0. The Balaban J connectivity index is 2.17. The topological polar surface area (TPSA) is 42.4 Å². The predicted molar refractivity (Wildman–Crippen MR) is 80.6 cm³/mol. The van der Waals surface area contributed by atoms with Crippen molar-refractivity contribution in [2.45, 2.75) is 12.5 Å². The van der Waals surface area contributed by atoms with E-state index in [-0.39, 0.29) is 5.91 Å². The van der Waals surface area contributed by atoms with Crippen molar-refractivity contribution in [3.63, 3.8) is 0 Å². The molecule has 2 heterocycles. The summed E-state index contributed by atoms with van der Waals surface area (Å²) >= 11 is 5.29. The monoisotopic (exact) mass is 344 g/mol. The molecule has 0 aromatic carbocycles. The summed E-state index contributed by atoms with van der Waals surface area (Å²) in [5.41, 5.74) is 0.482. The molecule has 6 heteroatoms. The highest BCUT2D eigenvalue weighted by atomic mass is 79.9. The number of hydrogen-bond donors (Lipinski definition) is 0. The lowest BCUT2D eigenvalue weighted by Gasteiger charge is -2.28. The van der Waals surface area contributed by atoms with Gasteiger partial charge in [0, 0.05) is 36.1 Å². The van der Waals surface area contributed by atoms with Gasteiger partial charge in [0.25, 0.3) is 5.91 Å². The molecule has 0 radical (unpaired) electrons. The van der Waals surface area contributed by atoms with Crippen LogP contribution in [0.5, 0.6) is 0 Å². The molecule has 0 saturated carbocycles. The summed E-state index contributed by atoms with van der Waals surface area (Å²) in [7, 11) is 1.66. The Bertz CT molecular complexity index is 438. The molecule has 1 unspecified atom stereocenters. The van der Waals surface area contributed by atoms with E-state index in [1.165, 1.54) is 0 Å². The average Bonchev–Trinajstić information content (AvgIpc) is 2.93. The van der Waals surface area contributed by atoms with Crippen molar-refractivity contribution in [2.24, 2.45) is 0 Å². The number of halogens is 1. The van der Waals surface area contributed by atoms with Crippen molar-refractivity contribution in [3.05, 3.63) is 28.5 Å². The third-order valence-electron chi connectivity index (χ3n) is 3.10. The van der Waals surface area contributed by atoms with E-state index in [1.54, 1.807) is 13.3 Å². The molecule has 19 heavy (non-hydrogen) atoms. The van der Waals surface area contributed by atoms with Gasteiger partial charge in [-0.1, -0.05) is 0 Å². The number of carbonyl (C=O) groups is 1. The van der Waals surface area contributed by atoms with Crippen LogP contribution in [0.25, 0.3) is 0 Å². The smallest absolute Gasteiger partial charge is 0.273 e. The molecular weight excluding hydrogens is 328 g/mol. The maximum absolute atomic E-state index is 12.6. The van der Waals surface area contributed by atoms with Gasteiger partial charge >= 0.3 is 0 Å². The first-order valence-corrected chi connectivity index (χ1v) is 8.17. The zero-order chi connectivity index (χ0) is 13.7. The van der Waals surface area contributed by atoms with Gasteiger partial charge in [-0.25, -0.2) is 4.98 Å². The molecule has 1 aliphatic rings. The maximum Gasteiger partial charge on any atom is 0.273 e. The lowest BCUT2D eigenvalue weighted by Crippen LogP contribution is -2.42. The highest BCUT2D eigenvalue weighted by Gasteiger charge is 2.29. The van der Waals surface area contributed by atoms with Crippen molar-refractivity contribution < 1.29 is 9.53 Å². The highest BCUT2D eigenvalue weighted by Crippen LogP contribution is 2.25. The largest absolute Gasteiger partial charge is 0.383 e. The first kappa shape index (κ1) is 14.8. The molecule has 0 bridgehead atoms. The molecule has 0 aliphatic carbocycles. The van der Waals surface area contributed by atoms with Crippen LogP contribution in [0, 0.1) is 0 Å². The Morgan fingerprint density at radius 3 is 3.16 bits per heavy atom. The van der Waals surface area contributed by atoms with Crippen molar-refractivity contribution in [1.82, 2.24) is 9.88 Å². The summed E-state index contributed by atoms with van der Waals surface area (Å²) < 4.78 is 5.86. The summed E-state index contributed by atoms with van der Waals surface area (Å²) in [5.74, 6) is 2.10. The Kier molecular flexibility index (Phi) is 5.66. The Hall–Kier alpha value is -0.590. The molecule has 2 rings (SSSR count). The van der Waals surface area contributed by atoms with Crippen LogP contribution in [0.1, 0.15) is 16.9 Å². The standard InChI is InChI=1S/C13H17BrN2O2S/c1-18-7-6-16(10-4-8-19-9-10)13(17)12-11(14)3-2-5-15-12/h2-3,5,10H,4,6-9H2,1H3. The van der Waals surface area contributed by atoms with Crippen molar-refractivity contribution >= 4 is 33.6 Å². The summed E-state index contributed by atoms with van der Waals surface area (Å²) in [6, 6.07) is 3.95. The lowest BCUT2D eigenvalue weighted by atomic mass is 10.2. The van der Waals surface area contributed by atoms with E-state index in [2.05, 4.69) is 20.9 Å². The van der Waals surface area contributed by atoms with Gasteiger partial charge in [0.1, 0.15) is 5.69 Å². The quantitative estimate of drug-likeness (QED) is 0.822. The Labute approximate surface area is 126 Å². The van der Waals surface area contributed by atoms with E-state index in [0.29, 0.717) is 24.9 Å². The van der Waals surface area contributed by atoms with E-state index >= 15 is 0 Å². The zero-order valence-electron chi connectivity index (χ0n) is 10.8. The second-order valence-corrected chi connectivity index (χ2v) is 6.35. The van der Waals surface area contributed by atoms with Gasteiger partial charge in [-0.2, -0.15) is 11.8 Å². The van der Waals surface area contributed by atoms with Gasteiger partial charge in [0.15, 0.2) is 0 Å². The van der Waals surface area contributed by atoms with Crippen LogP contribution in [0.3, 0.4) is 0 Å². The number of aromatic nitrogens is 1. The summed E-state index contributed by atoms with van der Waals surface area (Å²) in [4.78, 5) is 18.7. The first-order chi connectivity index (χ1) is 9.24. The number of rotatable bonds is 5. The maximum atomic E-state index is 12.6. The highest BCUT2D eigenvalue weighted by molar-refractivity contribution is 9.10. The number of pyridine rings is 1. The fourth-order valence-electron chi connectivity index (χ4n) is 2.09. The van der Waals surface area contributed by atoms with Crippen molar-refractivity contribution in [3.8, 4) is 0 Å². The van der Waals surface area contributed by atoms with Crippen molar-refractivity contribution in [2.75, 3.05) is 31.8 Å². The minimum Gasteiger partial charge on any atom is -0.383 e. The summed E-state index contributed by atoms with van der Waals surface area (Å²) in [6.45, 7) is 1.17. The van der Waals surface area contributed by atoms with E-state index in [0.717, 1.165) is 22.4 Å². The normalized spacial score (nSPS) is 18.5. The van der Waals surface area contributed by atoms with Crippen LogP contribution >= 0.6 is 27.7 Å². The predicted octanol–water partition coefficient (Wildman–Crippen LogP) is 2.44. The minimum absolute atomic E-state index is 0.0166. The SMILES string of the molecule is COCCN(C(=O)c1ncccc1Br)C1CCSC1. The number of ether oxygens (including phenoxy) is 1. The van der Waals surface area contributed by atoms with Gasteiger partial charge in [0.05, 0.1) is 6.61 Å². The number of nitrogens with zero attached hydrogens (tertiary/aromatic N) is 2. The molecular formula is C13H17BrN2O2S. The Morgan fingerprint density at radius 2 is 2.53 bits per heavy atom. The fraction of sp³-hybridized carbons (Fsp3) is 0.538. The molecule has 0 N–H and O–H groups in total. The molecule has 1 aromatic rings. The van der Waals surface area contributed by atoms with E-state index in [9.17, 15) is 4.79 Å². The van der Waals surface area contributed by atoms with Gasteiger partial charge in [-0.3, -0.25) is 4.79 Å². The molecule has 1 aliphatic heterocycles. The second-order valence-electron chi connectivity index (χ2n) is 4.34. The first-order valence-electron chi connectivity index (χ1n) is 6.22. The number of thioether (sulfide) groups is 1. The van der Waals surface area contributed by atoms with Crippen LogP contribution < -0.4 is 0 Å². The summed E-state index contributed by atoms with van der Waals surface area (Å²) in [6.07, 6.45) is 2.69. The third-order valence-corrected chi connectivity index (χ3v) is 4.89.